The molecular weight excluding hydrogens is 612 g/mol. The van der Waals surface area contributed by atoms with Crippen LogP contribution in [-0.2, 0) is 16.1 Å². The molecule has 0 saturated carbocycles. The molecule has 4 aromatic rings. The highest BCUT2D eigenvalue weighted by molar-refractivity contribution is 5.97. The number of benzene rings is 3. The summed E-state index contributed by atoms with van der Waals surface area (Å²) in [6, 6.07) is 12.5. The highest BCUT2D eigenvalue weighted by Gasteiger charge is 2.26. The predicted octanol–water partition coefficient (Wildman–Crippen LogP) is 5.67. The number of halogens is 2. The smallest absolute Gasteiger partial charge is 0.319 e. The maximum absolute atomic E-state index is 14.9. The summed E-state index contributed by atoms with van der Waals surface area (Å²) >= 11 is 0. The van der Waals surface area contributed by atoms with E-state index in [9.17, 15) is 23.2 Å². The van der Waals surface area contributed by atoms with Crippen molar-refractivity contribution in [1.82, 2.24) is 15.1 Å². The molecule has 13 heteroatoms. The van der Waals surface area contributed by atoms with Gasteiger partial charge in [-0.05, 0) is 55.7 Å². The van der Waals surface area contributed by atoms with E-state index in [-0.39, 0.29) is 36.7 Å². The topological polar surface area (TPSA) is 135 Å². The molecular formula is C34H35F2N5O6. The molecule has 0 bridgehead atoms. The number of nitrogens with zero attached hydrogens (tertiary/aromatic N) is 3. The third kappa shape index (κ3) is 8.04. The number of amides is 3. The van der Waals surface area contributed by atoms with Crippen molar-refractivity contribution in [1.29, 1.82) is 0 Å². The zero-order chi connectivity index (χ0) is 33.5. The predicted molar refractivity (Wildman–Crippen MR) is 171 cm³/mol. The van der Waals surface area contributed by atoms with Gasteiger partial charge in [-0.25, -0.2) is 13.6 Å². The lowest BCUT2D eigenvalue weighted by molar-refractivity contribution is -0.136. The molecule has 11 nitrogen and oxygen atoms in total. The van der Waals surface area contributed by atoms with Gasteiger partial charge >= 0.3 is 12.0 Å². The molecule has 2 heterocycles. The third-order valence-corrected chi connectivity index (χ3v) is 7.78. The summed E-state index contributed by atoms with van der Waals surface area (Å²) in [5.74, 6) is -1.59. The standard InChI is InChI=1S/C34H35F2N5O6/c1-21-6-3-9-30(22(21)2)46-14-5-10-31(42)41-13-15-47-33-25(7-4-8-29(33)41)23-18-38-40(19-23)20-26-27(35)16-24(17-28(26)36)39-34(45)37-12-11-32(43)44/h3-4,6-9,16-19H,5,10-15,20H2,1-2H3,(H,43,44)(H2,37,39,45). The fraction of sp³-hybridized carbons (Fsp3) is 0.294. The summed E-state index contributed by atoms with van der Waals surface area (Å²) in [7, 11) is 0. The number of hydrogen-bond donors (Lipinski definition) is 3. The SMILES string of the molecule is Cc1cccc(OCCCC(=O)N2CCOc3c(-c4cnn(Cc5c(F)cc(NC(=O)NCCC(=O)O)cc5F)c4)cccc32)c1C. The van der Waals surface area contributed by atoms with Crippen LogP contribution in [0.25, 0.3) is 11.1 Å². The van der Waals surface area contributed by atoms with E-state index >= 15 is 0 Å². The van der Waals surface area contributed by atoms with Gasteiger partial charge < -0.3 is 30.1 Å². The second-order valence-electron chi connectivity index (χ2n) is 11.1. The molecule has 246 valence electrons. The average Bonchev–Trinajstić information content (AvgIpc) is 3.50. The molecule has 0 atom stereocenters. The number of carboxylic acids is 1. The summed E-state index contributed by atoms with van der Waals surface area (Å²) in [6.07, 6.45) is 3.74. The van der Waals surface area contributed by atoms with Gasteiger partial charge in [-0.2, -0.15) is 5.10 Å². The van der Waals surface area contributed by atoms with Crippen LogP contribution in [0.5, 0.6) is 11.5 Å². The molecule has 0 radical (unpaired) electrons. The van der Waals surface area contributed by atoms with E-state index in [0.29, 0.717) is 55.2 Å². The van der Waals surface area contributed by atoms with Gasteiger partial charge in [0, 0.05) is 41.5 Å². The number of fused-ring (bicyclic) bond motifs is 1. The first-order chi connectivity index (χ1) is 22.6. The second-order valence-corrected chi connectivity index (χ2v) is 11.1. The minimum Gasteiger partial charge on any atom is -0.493 e. The molecule has 0 fully saturated rings. The van der Waals surface area contributed by atoms with Gasteiger partial charge in [-0.15, -0.1) is 0 Å². The number of aryl methyl sites for hydroxylation is 1. The maximum atomic E-state index is 14.9. The van der Waals surface area contributed by atoms with E-state index in [2.05, 4.69) is 15.7 Å². The van der Waals surface area contributed by atoms with Gasteiger partial charge in [0.05, 0.1) is 38.0 Å². The van der Waals surface area contributed by atoms with Gasteiger partial charge in [0.1, 0.15) is 24.0 Å². The largest absolute Gasteiger partial charge is 0.493 e. The van der Waals surface area contributed by atoms with Crippen LogP contribution in [0.1, 0.15) is 36.0 Å². The Kier molecular flexibility index (Phi) is 10.3. The van der Waals surface area contributed by atoms with E-state index < -0.39 is 23.6 Å². The average molecular weight is 648 g/mol. The quantitative estimate of drug-likeness (QED) is 0.169. The van der Waals surface area contributed by atoms with Crippen LogP contribution in [0.3, 0.4) is 0 Å². The van der Waals surface area contributed by atoms with Crippen molar-refractivity contribution < 1.29 is 37.7 Å². The van der Waals surface area contributed by atoms with Crippen LogP contribution in [-0.4, -0.2) is 59.1 Å². The van der Waals surface area contributed by atoms with Crippen LogP contribution in [0, 0.1) is 25.5 Å². The van der Waals surface area contributed by atoms with Crippen molar-refractivity contribution in [2.75, 3.05) is 36.5 Å². The number of urea groups is 1. The fourth-order valence-corrected chi connectivity index (χ4v) is 5.19. The minimum atomic E-state index is -1.09. The zero-order valence-electron chi connectivity index (χ0n) is 26.0. The number of anilines is 2. The molecule has 5 rings (SSSR count). The Labute approximate surface area is 270 Å². The van der Waals surface area contributed by atoms with Gasteiger partial charge in [0.25, 0.3) is 0 Å². The van der Waals surface area contributed by atoms with E-state index in [4.69, 9.17) is 14.6 Å². The Morgan fingerprint density at radius 3 is 2.60 bits per heavy atom. The second kappa shape index (κ2) is 14.8. The number of aliphatic carboxylic acids is 1. The Bertz CT molecular complexity index is 1770. The molecule has 0 unspecified atom stereocenters. The van der Waals surface area contributed by atoms with E-state index in [0.717, 1.165) is 29.0 Å². The molecule has 1 aliphatic heterocycles. The Balaban J connectivity index is 1.23. The van der Waals surface area contributed by atoms with E-state index in [1.54, 1.807) is 17.3 Å². The molecule has 1 aliphatic rings. The normalized spacial score (nSPS) is 12.2. The number of nitrogens with one attached hydrogen (secondary N) is 2. The summed E-state index contributed by atoms with van der Waals surface area (Å²) in [5.41, 5.74) is 3.78. The number of para-hydroxylation sites is 1. The van der Waals surface area contributed by atoms with Gasteiger partial charge in [0.15, 0.2) is 5.75 Å². The first kappa shape index (κ1) is 32.9. The fourth-order valence-electron chi connectivity index (χ4n) is 5.19. The molecule has 0 saturated heterocycles. The van der Waals surface area contributed by atoms with Crippen molar-refractivity contribution in [3.05, 3.63) is 89.2 Å². The number of carbonyl (C=O) groups excluding carboxylic acids is 2. The van der Waals surface area contributed by atoms with Crippen LogP contribution in [0.4, 0.5) is 25.0 Å². The third-order valence-electron chi connectivity index (χ3n) is 7.78. The van der Waals surface area contributed by atoms with E-state index in [1.807, 2.05) is 50.2 Å². The lowest BCUT2D eigenvalue weighted by Gasteiger charge is -2.31. The van der Waals surface area contributed by atoms with Gasteiger partial charge in [-0.3, -0.25) is 14.3 Å². The monoisotopic (exact) mass is 647 g/mol. The summed E-state index contributed by atoms with van der Waals surface area (Å²) < 4.78 is 43.1. The first-order valence-electron chi connectivity index (χ1n) is 15.1. The van der Waals surface area contributed by atoms with Crippen LogP contribution < -0.4 is 25.0 Å². The highest BCUT2D eigenvalue weighted by Crippen LogP contribution is 2.41. The van der Waals surface area contributed by atoms with Gasteiger partial charge in [-0.1, -0.05) is 24.3 Å². The lowest BCUT2D eigenvalue weighted by atomic mass is 10.1. The number of aromatic nitrogens is 2. The highest BCUT2D eigenvalue weighted by atomic mass is 19.1. The van der Waals surface area contributed by atoms with Crippen LogP contribution in [0.15, 0.2) is 60.9 Å². The molecule has 3 aromatic carbocycles. The van der Waals surface area contributed by atoms with Crippen LogP contribution in [0.2, 0.25) is 0 Å². The molecule has 47 heavy (non-hydrogen) atoms. The van der Waals surface area contributed by atoms with Crippen molar-refractivity contribution in [2.24, 2.45) is 0 Å². The van der Waals surface area contributed by atoms with Crippen molar-refractivity contribution >= 4 is 29.3 Å². The number of hydrogen-bond acceptors (Lipinski definition) is 6. The van der Waals surface area contributed by atoms with Crippen molar-refractivity contribution in [2.45, 2.75) is 39.7 Å². The first-order valence-corrected chi connectivity index (χ1v) is 15.1. The van der Waals surface area contributed by atoms with E-state index in [1.165, 1.54) is 4.68 Å². The number of ether oxygens (including phenoxy) is 2. The number of carboxylic acid groups (broad SMARTS) is 1. The van der Waals surface area contributed by atoms with Crippen LogP contribution >= 0.6 is 0 Å². The number of carbonyl (C=O) groups is 3. The minimum absolute atomic E-state index is 0.0476. The number of rotatable bonds is 12. The van der Waals surface area contributed by atoms with Crippen molar-refractivity contribution in [3.63, 3.8) is 0 Å². The zero-order valence-corrected chi connectivity index (χ0v) is 26.0. The van der Waals surface area contributed by atoms with Gasteiger partial charge in [0.2, 0.25) is 5.91 Å². The summed E-state index contributed by atoms with van der Waals surface area (Å²) in [5, 5.41) is 17.5. The molecule has 1 aromatic heterocycles. The molecule has 0 aliphatic carbocycles. The lowest BCUT2D eigenvalue weighted by Crippen LogP contribution is -2.38. The molecule has 3 N–H and O–H groups in total. The Morgan fingerprint density at radius 2 is 1.83 bits per heavy atom. The molecule has 0 spiro atoms. The summed E-state index contributed by atoms with van der Waals surface area (Å²) in [4.78, 5) is 37.4. The molecule has 3 amide bonds. The Hall–Kier alpha value is -5.46. The Morgan fingerprint density at radius 1 is 1.06 bits per heavy atom. The van der Waals surface area contributed by atoms with Crippen molar-refractivity contribution in [3.8, 4) is 22.6 Å². The summed E-state index contributed by atoms with van der Waals surface area (Å²) in [6.45, 7) is 4.79. The maximum Gasteiger partial charge on any atom is 0.319 e.